The van der Waals surface area contributed by atoms with Crippen molar-refractivity contribution in [3.63, 3.8) is 0 Å². The fraction of sp³-hybridized carbons (Fsp3) is 0. The number of anilines is 1. The van der Waals surface area contributed by atoms with E-state index in [1.165, 1.54) is 12.4 Å². The molecule has 60 valence electrons. The highest BCUT2D eigenvalue weighted by Crippen LogP contribution is 1.98. The van der Waals surface area contributed by atoms with Crippen molar-refractivity contribution in [2.24, 2.45) is 5.73 Å². The van der Waals surface area contributed by atoms with Gasteiger partial charge in [0.15, 0.2) is 11.5 Å². The predicted molar refractivity (Wildman–Crippen MR) is 40.0 cm³/mol. The minimum absolute atomic E-state index is 0.185. The first-order valence-corrected chi connectivity index (χ1v) is 3.01. The smallest absolute Gasteiger partial charge is 0.317 e. The van der Waals surface area contributed by atoms with Crippen LogP contribution in [0.15, 0.2) is 12.4 Å². The van der Waals surface area contributed by atoms with Crippen molar-refractivity contribution in [2.45, 2.75) is 0 Å². The van der Waals surface area contributed by atoms with Crippen LogP contribution in [-0.2, 0) is 0 Å². The number of nitrogens with two attached hydrogens (primary N) is 1. The van der Waals surface area contributed by atoms with Crippen molar-refractivity contribution in [1.82, 2.24) is 9.97 Å². The first-order valence-electron chi connectivity index (χ1n) is 3.01. The summed E-state index contributed by atoms with van der Waals surface area (Å²) in [5.41, 5.74) is 5.00. The Morgan fingerprint density at radius 1 is 1.58 bits per heavy atom. The van der Waals surface area contributed by atoms with Gasteiger partial charge in [-0.1, -0.05) is 0 Å². The Labute approximate surface area is 68.0 Å². The molecule has 3 N–H and O–H groups in total. The summed E-state index contributed by atoms with van der Waals surface area (Å²) in [5.74, 6) is 0.224. The van der Waals surface area contributed by atoms with E-state index in [1.807, 2.05) is 0 Å². The monoisotopic (exact) mass is 163 g/mol. The number of amides is 2. The summed E-state index contributed by atoms with van der Waals surface area (Å²) in [4.78, 5) is 17.7. The van der Waals surface area contributed by atoms with Gasteiger partial charge in [0.05, 0.1) is 12.4 Å². The maximum absolute atomic E-state index is 10.3. The molecule has 0 saturated carbocycles. The number of hydrogen-bond acceptors (Lipinski definition) is 4. The van der Waals surface area contributed by atoms with Crippen LogP contribution in [0.25, 0.3) is 0 Å². The number of aromatic nitrogens is 2. The number of carbonyl (C=O) groups excluding carboxylic acids is 1. The lowest BCUT2D eigenvalue weighted by atomic mass is 10.5. The lowest BCUT2D eigenvalue weighted by Gasteiger charge is -1.97. The molecule has 1 aromatic rings. The highest BCUT2D eigenvalue weighted by atomic mass is 16.2. The van der Waals surface area contributed by atoms with Gasteiger partial charge in [0.1, 0.15) is 6.07 Å². The van der Waals surface area contributed by atoms with E-state index >= 15 is 0 Å². The number of nitrogens with zero attached hydrogens (tertiary/aromatic N) is 3. The summed E-state index contributed by atoms with van der Waals surface area (Å²) in [5, 5.41) is 10.6. The second kappa shape index (κ2) is 3.30. The molecule has 0 fully saturated rings. The zero-order chi connectivity index (χ0) is 8.97. The molecule has 0 aliphatic heterocycles. The normalized spacial score (nSPS) is 8.58. The van der Waals surface area contributed by atoms with Crippen LogP contribution in [0.2, 0.25) is 0 Å². The summed E-state index contributed by atoms with van der Waals surface area (Å²) < 4.78 is 0. The second-order valence-electron chi connectivity index (χ2n) is 1.89. The molecule has 6 heteroatoms. The zero-order valence-electron chi connectivity index (χ0n) is 5.98. The van der Waals surface area contributed by atoms with Crippen molar-refractivity contribution in [3.05, 3.63) is 18.1 Å². The van der Waals surface area contributed by atoms with Crippen molar-refractivity contribution in [2.75, 3.05) is 5.32 Å². The fourth-order valence-electron chi connectivity index (χ4n) is 0.577. The zero-order valence-corrected chi connectivity index (χ0v) is 5.98. The second-order valence-corrected chi connectivity index (χ2v) is 1.89. The van der Waals surface area contributed by atoms with E-state index in [0.29, 0.717) is 0 Å². The molecule has 0 aliphatic carbocycles. The maximum atomic E-state index is 10.3. The first-order chi connectivity index (χ1) is 5.72. The molecule has 12 heavy (non-hydrogen) atoms. The van der Waals surface area contributed by atoms with Gasteiger partial charge in [-0.25, -0.2) is 14.8 Å². The number of rotatable bonds is 1. The number of carbonyl (C=O) groups is 1. The maximum Gasteiger partial charge on any atom is 0.317 e. The minimum Gasteiger partial charge on any atom is -0.351 e. The van der Waals surface area contributed by atoms with E-state index in [0.717, 1.165) is 0 Å². The van der Waals surface area contributed by atoms with Crippen LogP contribution in [-0.4, -0.2) is 16.0 Å². The molecule has 1 aromatic heterocycles. The average molecular weight is 163 g/mol. The van der Waals surface area contributed by atoms with Gasteiger partial charge in [-0.2, -0.15) is 5.26 Å². The van der Waals surface area contributed by atoms with Gasteiger partial charge in [-0.3, -0.25) is 5.32 Å². The van der Waals surface area contributed by atoms with Crippen LogP contribution in [0.3, 0.4) is 0 Å². The van der Waals surface area contributed by atoms with Gasteiger partial charge in [-0.05, 0) is 0 Å². The number of nitriles is 1. The van der Waals surface area contributed by atoms with Gasteiger partial charge >= 0.3 is 6.03 Å². The van der Waals surface area contributed by atoms with Gasteiger partial charge in [-0.15, -0.1) is 0 Å². The van der Waals surface area contributed by atoms with E-state index < -0.39 is 6.03 Å². The summed E-state index contributed by atoms with van der Waals surface area (Å²) in [6.45, 7) is 0. The molecule has 1 heterocycles. The van der Waals surface area contributed by atoms with Crippen molar-refractivity contribution in [1.29, 1.82) is 5.26 Å². The Morgan fingerprint density at radius 2 is 2.33 bits per heavy atom. The number of primary amides is 1. The molecule has 2 amide bonds. The van der Waals surface area contributed by atoms with Crippen LogP contribution in [0.1, 0.15) is 5.69 Å². The summed E-state index contributed by atoms with van der Waals surface area (Å²) >= 11 is 0. The van der Waals surface area contributed by atoms with Crippen molar-refractivity contribution in [3.8, 4) is 6.07 Å². The summed E-state index contributed by atoms with van der Waals surface area (Å²) in [6, 6.07) is 1.08. The third-order valence-electron chi connectivity index (χ3n) is 1.02. The Kier molecular flexibility index (Phi) is 2.18. The molecule has 0 unspecified atom stereocenters. The molecule has 0 saturated heterocycles. The Morgan fingerprint density at radius 3 is 2.75 bits per heavy atom. The van der Waals surface area contributed by atoms with E-state index in [4.69, 9.17) is 11.0 Å². The first kappa shape index (κ1) is 7.94. The third kappa shape index (κ3) is 1.91. The largest absolute Gasteiger partial charge is 0.351 e. The molecular formula is C6H5N5O. The van der Waals surface area contributed by atoms with Crippen LogP contribution in [0, 0.1) is 11.3 Å². The number of nitrogens with one attached hydrogen (secondary N) is 1. The lowest BCUT2D eigenvalue weighted by molar-refractivity contribution is 0.259. The number of urea groups is 1. The SMILES string of the molecule is N#Cc1cnc(NC(N)=O)cn1. The molecule has 0 radical (unpaired) electrons. The van der Waals surface area contributed by atoms with E-state index in [2.05, 4.69) is 15.3 Å². The van der Waals surface area contributed by atoms with Gasteiger partial charge in [0.2, 0.25) is 0 Å². The van der Waals surface area contributed by atoms with Crippen molar-refractivity contribution >= 4 is 11.8 Å². The van der Waals surface area contributed by atoms with Gasteiger partial charge in [0, 0.05) is 0 Å². The van der Waals surface area contributed by atoms with Crippen LogP contribution >= 0.6 is 0 Å². The molecule has 0 bridgehead atoms. The molecule has 0 aromatic carbocycles. The molecule has 0 spiro atoms. The minimum atomic E-state index is -0.714. The van der Waals surface area contributed by atoms with Crippen LogP contribution < -0.4 is 11.1 Å². The molecular weight excluding hydrogens is 158 g/mol. The van der Waals surface area contributed by atoms with E-state index in [-0.39, 0.29) is 11.5 Å². The Bertz CT molecular complexity index is 325. The van der Waals surface area contributed by atoms with E-state index in [9.17, 15) is 4.79 Å². The van der Waals surface area contributed by atoms with Gasteiger partial charge in [0.25, 0.3) is 0 Å². The molecule has 1 rings (SSSR count). The summed E-state index contributed by atoms with van der Waals surface area (Å²) in [6.07, 6.45) is 2.49. The Balaban J connectivity index is 2.80. The standard InChI is InChI=1S/C6H5N5O/c7-1-4-2-10-5(3-9-4)11-6(8)12/h2-3H,(H3,8,10,11,12). The van der Waals surface area contributed by atoms with Crippen LogP contribution in [0.4, 0.5) is 10.6 Å². The predicted octanol–water partition coefficient (Wildman–Crippen LogP) is -0.161. The number of hydrogen-bond donors (Lipinski definition) is 2. The quantitative estimate of drug-likeness (QED) is 0.599. The Hall–Kier alpha value is -2.16. The molecule has 0 aliphatic rings. The average Bonchev–Trinajstić information content (AvgIpc) is 2.05. The molecule has 6 nitrogen and oxygen atoms in total. The topological polar surface area (TPSA) is 105 Å². The summed E-state index contributed by atoms with van der Waals surface area (Å²) in [7, 11) is 0. The van der Waals surface area contributed by atoms with Gasteiger partial charge < -0.3 is 5.73 Å². The van der Waals surface area contributed by atoms with E-state index in [1.54, 1.807) is 6.07 Å². The fourth-order valence-corrected chi connectivity index (χ4v) is 0.577. The molecule has 0 atom stereocenters. The lowest BCUT2D eigenvalue weighted by Crippen LogP contribution is -2.20. The van der Waals surface area contributed by atoms with Crippen LogP contribution in [0.5, 0.6) is 0 Å². The highest BCUT2D eigenvalue weighted by molar-refractivity contribution is 5.86. The third-order valence-corrected chi connectivity index (χ3v) is 1.02. The van der Waals surface area contributed by atoms with Crippen molar-refractivity contribution < 1.29 is 4.79 Å². The highest BCUT2D eigenvalue weighted by Gasteiger charge is 1.97.